The smallest absolute Gasteiger partial charge is 0.319 e. The zero-order valence-electron chi connectivity index (χ0n) is 15.6. The first-order valence-electron chi connectivity index (χ1n) is 8.78. The minimum absolute atomic E-state index is 0.279. The van der Waals surface area contributed by atoms with Crippen LogP contribution in [0.15, 0.2) is 47.4 Å². The van der Waals surface area contributed by atoms with Gasteiger partial charge >= 0.3 is 6.03 Å². The summed E-state index contributed by atoms with van der Waals surface area (Å²) in [7, 11) is 3.17. The number of urea groups is 1. The number of halogens is 2. The molecule has 1 saturated carbocycles. The highest BCUT2D eigenvalue weighted by atomic mass is 35.5. The van der Waals surface area contributed by atoms with Crippen molar-refractivity contribution in [1.82, 2.24) is 5.32 Å². The monoisotopic (exact) mass is 440 g/mol. The van der Waals surface area contributed by atoms with Crippen molar-refractivity contribution in [2.24, 2.45) is 5.92 Å². The van der Waals surface area contributed by atoms with Crippen molar-refractivity contribution < 1.29 is 14.3 Å². The lowest BCUT2D eigenvalue weighted by Crippen LogP contribution is -2.28. The lowest BCUT2D eigenvalue weighted by Gasteiger charge is -2.13. The van der Waals surface area contributed by atoms with Crippen LogP contribution in [0.2, 0.25) is 0 Å². The van der Waals surface area contributed by atoms with Crippen LogP contribution in [0, 0.1) is 5.92 Å². The summed E-state index contributed by atoms with van der Waals surface area (Å²) in [6.07, 6.45) is 0.810. The number of carbonyl (C=O) groups is 1. The van der Waals surface area contributed by atoms with Crippen LogP contribution in [-0.2, 0) is 6.54 Å². The third-order valence-corrected chi connectivity index (χ3v) is 6.59. The van der Waals surface area contributed by atoms with Crippen molar-refractivity contribution in [3.05, 3.63) is 48.0 Å². The summed E-state index contributed by atoms with van der Waals surface area (Å²) in [5, 5.41) is 5.76. The summed E-state index contributed by atoms with van der Waals surface area (Å²) >= 11 is 13.8. The molecule has 2 amide bonds. The number of para-hydroxylation sites is 1. The van der Waals surface area contributed by atoms with E-state index in [1.807, 2.05) is 42.5 Å². The van der Waals surface area contributed by atoms with Crippen LogP contribution >= 0.6 is 35.0 Å². The summed E-state index contributed by atoms with van der Waals surface area (Å²) in [6.45, 7) is 0.366. The van der Waals surface area contributed by atoms with Crippen LogP contribution in [0.3, 0.4) is 0 Å². The van der Waals surface area contributed by atoms with Crippen LogP contribution in [0.4, 0.5) is 10.5 Å². The topological polar surface area (TPSA) is 59.6 Å². The van der Waals surface area contributed by atoms with Gasteiger partial charge in [-0.1, -0.05) is 18.2 Å². The van der Waals surface area contributed by atoms with E-state index in [2.05, 4.69) is 10.6 Å². The van der Waals surface area contributed by atoms with E-state index in [-0.39, 0.29) is 11.9 Å². The van der Waals surface area contributed by atoms with Crippen LogP contribution in [-0.4, -0.2) is 30.3 Å². The standard InChI is InChI=1S/C20H22Cl2N2O3S/c1-26-16-8-7-13(9-17(16)27-2)11-23-19(25)24-15-5-3-4-6-18(15)28-12-14-10-20(14,21)22/h3-9,14H,10-12H2,1-2H3,(H2,23,24,25). The number of methoxy groups -OCH3 is 2. The molecule has 0 spiro atoms. The second kappa shape index (κ2) is 9.16. The summed E-state index contributed by atoms with van der Waals surface area (Å²) < 4.78 is 9.92. The van der Waals surface area contributed by atoms with Crippen molar-refractivity contribution in [1.29, 1.82) is 0 Å². The maximum atomic E-state index is 12.3. The van der Waals surface area contributed by atoms with E-state index in [1.54, 1.807) is 26.0 Å². The summed E-state index contributed by atoms with van der Waals surface area (Å²) in [4.78, 5) is 13.3. The molecule has 1 unspecified atom stereocenters. The molecule has 0 bridgehead atoms. The van der Waals surface area contributed by atoms with Gasteiger partial charge in [0.2, 0.25) is 0 Å². The van der Waals surface area contributed by atoms with Gasteiger partial charge in [-0.25, -0.2) is 4.79 Å². The summed E-state index contributed by atoms with van der Waals surface area (Å²) in [6, 6.07) is 12.9. The van der Waals surface area contributed by atoms with E-state index in [0.29, 0.717) is 18.0 Å². The van der Waals surface area contributed by atoms with Crippen LogP contribution in [0.1, 0.15) is 12.0 Å². The molecule has 5 nitrogen and oxygen atoms in total. The SMILES string of the molecule is COc1ccc(CNC(=O)Nc2ccccc2SCC2CC2(Cl)Cl)cc1OC. The van der Waals surface area contributed by atoms with Crippen LogP contribution < -0.4 is 20.1 Å². The lowest BCUT2D eigenvalue weighted by molar-refractivity contribution is 0.251. The van der Waals surface area contributed by atoms with E-state index < -0.39 is 4.33 Å². The van der Waals surface area contributed by atoms with Crippen molar-refractivity contribution in [2.45, 2.75) is 22.2 Å². The minimum Gasteiger partial charge on any atom is -0.493 e. The first-order valence-corrected chi connectivity index (χ1v) is 10.5. The van der Waals surface area contributed by atoms with E-state index >= 15 is 0 Å². The Hall–Kier alpha value is -1.76. The fourth-order valence-corrected chi connectivity index (χ4v) is 4.62. The zero-order valence-corrected chi connectivity index (χ0v) is 18.0. The molecule has 0 aromatic heterocycles. The van der Waals surface area contributed by atoms with Crippen molar-refractivity contribution in [2.75, 3.05) is 25.3 Å². The van der Waals surface area contributed by atoms with E-state index in [9.17, 15) is 4.79 Å². The Morgan fingerprint density at radius 3 is 2.57 bits per heavy atom. The van der Waals surface area contributed by atoms with Gasteiger partial charge in [0.1, 0.15) is 4.33 Å². The number of amides is 2. The molecule has 1 atom stereocenters. The number of thioether (sulfide) groups is 1. The van der Waals surface area contributed by atoms with Crippen molar-refractivity contribution >= 4 is 46.7 Å². The Kier molecular flexibility index (Phi) is 6.86. The molecule has 2 aromatic carbocycles. The minimum atomic E-state index is -0.591. The third-order valence-electron chi connectivity index (χ3n) is 4.43. The lowest BCUT2D eigenvalue weighted by atomic mass is 10.2. The molecule has 0 heterocycles. The molecule has 0 saturated heterocycles. The summed E-state index contributed by atoms with van der Waals surface area (Å²) in [5.74, 6) is 2.38. The number of nitrogens with one attached hydrogen (secondary N) is 2. The zero-order chi connectivity index (χ0) is 20.1. The average Bonchev–Trinajstić information content (AvgIpc) is 3.31. The largest absolute Gasteiger partial charge is 0.493 e. The Morgan fingerprint density at radius 2 is 1.89 bits per heavy atom. The highest BCUT2D eigenvalue weighted by Crippen LogP contribution is 2.55. The molecule has 2 aromatic rings. The highest BCUT2D eigenvalue weighted by molar-refractivity contribution is 7.99. The molecule has 8 heteroatoms. The fourth-order valence-electron chi connectivity index (χ4n) is 2.68. The number of hydrogen-bond acceptors (Lipinski definition) is 4. The molecule has 0 aliphatic heterocycles. The summed E-state index contributed by atoms with van der Waals surface area (Å²) in [5.41, 5.74) is 1.66. The molecular formula is C20H22Cl2N2O3S. The molecule has 3 rings (SSSR count). The van der Waals surface area contributed by atoms with Gasteiger partial charge in [-0.15, -0.1) is 35.0 Å². The van der Waals surface area contributed by atoms with E-state index in [0.717, 1.165) is 28.3 Å². The molecule has 28 heavy (non-hydrogen) atoms. The van der Waals surface area contributed by atoms with Gasteiger partial charge in [-0.3, -0.25) is 0 Å². The highest BCUT2D eigenvalue weighted by Gasteiger charge is 2.51. The molecule has 0 radical (unpaired) electrons. The Labute approximate surface area is 179 Å². The van der Waals surface area contributed by atoms with Crippen molar-refractivity contribution in [3.8, 4) is 11.5 Å². The predicted molar refractivity (Wildman–Crippen MR) is 115 cm³/mol. The third kappa shape index (κ3) is 5.40. The number of benzene rings is 2. The molecule has 1 aliphatic rings. The van der Waals surface area contributed by atoms with Crippen LogP contribution in [0.25, 0.3) is 0 Å². The molecule has 1 aliphatic carbocycles. The quantitative estimate of drug-likeness (QED) is 0.431. The molecular weight excluding hydrogens is 419 g/mol. The first-order chi connectivity index (χ1) is 13.4. The molecule has 1 fully saturated rings. The van der Waals surface area contributed by atoms with Gasteiger partial charge in [0.15, 0.2) is 11.5 Å². The molecule has 2 N–H and O–H groups in total. The first kappa shape index (κ1) is 21.0. The number of rotatable bonds is 8. The fraction of sp³-hybridized carbons (Fsp3) is 0.350. The molecule has 150 valence electrons. The number of hydrogen-bond donors (Lipinski definition) is 2. The number of anilines is 1. The number of carbonyl (C=O) groups excluding carboxylic acids is 1. The van der Waals surface area contributed by atoms with Gasteiger partial charge in [0.05, 0.1) is 19.9 Å². The Balaban J connectivity index is 1.55. The second-order valence-corrected chi connectivity index (χ2v) is 9.07. The van der Waals surface area contributed by atoms with Gasteiger partial charge in [-0.2, -0.15) is 0 Å². The number of ether oxygens (including phenoxy) is 2. The normalized spacial score (nSPS) is 16.9. The van der Waals surface area contributed by atoms with E-state index in [1.165, 1.54) is 0 Å². The number of alkyl halides is 2. The van der Waals surface area contributed by atoms with Gasteiger partial charge in [0.25, 0.3) is 0 Å². The maximum Gasteiger partial charge on any atom is 0.319 e. The van der Waals surface area contributed by atoms with Gasteiger partial charge in [0, 0.05) is 23.1 Å². The Morgan fingerprint density at radius 1 is 1.18 bits per heavy atom. The predicted octanol–water partition coefficient (Wildman–Crippen LogP) is 5.31. The van der Waals surface area contributed by atoms with Crippen molar-refractivity contribution in [3.63, 3.8) is 0 Å². The van der Waals surface area contributed by atoms with Gasteiger partial charge in [-0.05, 0) is 36.2 Å². The Bertz CT molecular complexity index is 848. The van der Waals surface area contributed by atoms with Gasteiger partial charge < -0.3 is 20.1 Å². The van der Waals surface area contributed by atoms with Crippen LogP contribution in [0.5, 0.6) is 11.5 Å². The van der Waals surface area contributed by atoms with E-state index in [4.69, 9.17) is 32.7 Å². The maximum absolute atomic E-state index is 12.3. The average molecular weight is 441 g/mol. The second-order valence-electron chi connectivity index (χ2n) is 6.47.